The van der Waals surface area contributed by atoms with Crippen LogP contribution in [0.5, 0.6) is 0 Å². The molecule has 0 bridgehead atoms. The molecule has 0 spiro atoms. The highest BCUT2D eigenvalue weighted by molar-refractivity contribution is 8.00. The summed E-state index contributed by atoms with van der Waals surface area (Å²) in [6.07, 6.45) is 2.18. The SMILES string of the molecule is CS(=O)(=O)C1CSCCN1CCCCl. The average molecular weight is 258 g/mol. The first-order valence-electron chi connectivity index (χ1n) is 4.62. The maximum absolute atomic E-state index is 11.5. The van der Waals surface area contributed by atoms with Gasteiger partial charge in [0.2, 0.25) is 0 Å². The van der Waals surface area contributed by atoms with E-state index in [-0.39, 0.29) is 5.37 Å². The average Bonchev–Trinajstić information content (AvgIpc) is 2.14. The maximum atomic E-state index is 11.5. The van der Waals surface area contributed by atoms with Crippen molar-refractivity contribution >= 4 is 33.2 Å². The van der Waals surface area contributed by atoms with E-state index in [0.717, 1.165) is 25.3 Å². The molecule has 3 nitrogen and oxygen atoms in total. The van der Waals surface area contributed by atoms with E-state index in [1.165, 1.54) is 6.26 Å². The Morgan fingerprint density at radius 1 is 1.57 bits per heavy atom. The van der Waals surface area contributed by atoms with Crippen molar-refractivity contribution in [1.82, 2.24) is 4.90 Å². The molecule has 1 atom stereocenters. The normalized spacial score (nSPS) is 25.1. The molecule has 14 heavy (non-hydrogen) atoms. The zero-order valence-electron chi connectivity index (χ0n) is 8.28. The van der Waals surface area contributed by atoms with E-state index in [4.69, 9.17) is 11.6 Å². The highest BCUT2D eigenvalue weighted by Gasteiger charge is 2.30. The summed E-state index contributed by atoms with van der Waals surface area (Å²) >= 11 is 7.31. The van der Waals surface area contributed by atoms with Crippen LogP contribution in [0.25, 0.3) is 0 Å². The maximum Gasteiger partial charge on any atom is 0.164 e. The van der Waals surface area contributed by atoms with Gasteiger partial charge in [-0.25, -0.2) is 8.42 Å². The molecule has 0 aromatic rings. The number of hydrogen-bond donors (Lipinski definition) is 0. The molecule has 1 heterocycles. The first-order chi connectivity index (χ1) is 6.55. The van der Waals surface area contributed by atoms with Crippen LogP contribution in [0.4, 0.5) is 0 Å². The number of halogens is 1. The van der Waals surface area contributed by atoms with E-state index >= 15 is 0 Å². The molecule has 0 aromatic heterocycles. The second-order valence-electron chi connectivity index (χ2n) is 3.44. The molecule has 0 aliphatic carbocycles. The van der Waals surface area contributed by atoms with E-state index in [0.29, 0.717) is 11.6 Å². The second-order valence-corrected chi connectivity index (χ2v) is 7.17. The van der Waals surface area contributed by atoms with Gasteiger partial charge >= 0.3 is 0 Å². The van der Waals surface area contributed by atoms with Gasteiger partial charge in [0, 0.05) is 36.7 Å². The van der Waals surface area contributed by atoms with Crippen LogP contribution in [0.3, 0.4) is 0 Å². The summed E-state index contributed by atoms with van der Waals surface area (Å²) in [5.41, 5.74) is 0. The van der Waals surface area contributed by atoms with Crippen molar-refractivity contribution in [1.29, 1.82) is 0 Å². The molecule has 0 saturated carbocycles. The van der Waals surface area contributed by atoms with E-state index in [1.54, 1.807) is 11.8 Å². The Balaban J connectivity index is 2.60. The molecule has 6 heteroatoms. The summed E-state index contributed by atoms with van der Waals surface area (Å²) in [5, 5.41) is -0.301. The summed E-state index contributed by atoms with van der Waals surface area (Å²) in [6, 6.07) is 0. The summed E-state index contributed by atoms with van der Waals surface area (Å²) in [7, 11) is -2.94. The molecule has 1 aliphatic heterocycles. The largest absolute Gasteiger partial charge is 0.286 e. The Bertz CT molecular complexity index is 269. The van der Waals surface area contributed by atoms with Crippen molar-refractivity contribution in [2.24, 2.45) is 0 Å². The molecule has 0 N–H and O–H groups in total. The zero-order chi connectivity index (χ0) is 10.6. The summed E-state index contributed by atoms with van der Waals surface area (Å²) in [4.78, 5) is 2.04. The lowest BCUT2D eigenvalue weighted by molar-refractivity contribution is 0.272. The quantitative estimate of drug-likeness (QED) is 0.706. The molecule has 1 rings (SSSR count). The van der Waals surface area contributed by atoms with Crippen LogP contribution in [-0.4, -0.2) is 55.4 Å². The van der Waals surface area contributed by atoms with Gasteiger partial charge in [0.15, 0.2) is 9.84 Å². The number of thioether (sulfide) groups is 1. The molecule has 0 aromatic carbocycles. The number of nitrogens with zero attached hydrogens (tertiary/aromatic N) is 1. The number of rotatable bonds is 4. The predicted octanol–water partition coefficient (Wildman–Crippen LogP) is 1.03. The first kappa shape index (κ1) is 12.6. The van der Waals surface area contributed by atoms with Gasteiger partial charge in [0.1, 0.15) is 5.37 Å². The molecule has 84 valence electrons. The summed E-state index contributed by atoms with van der Waals surface area (Å²) < 4.78 is 22.9. The monoisotopic (exact) mass is 257 g/mol. The van der Waals surface area contributed by atoms with Gasteiger partial charge in [-0.15, -0.1) is 11.6 Å². The van der Waals surface area contributed by atoms with Gasteiger partial charge < -0.3 is 0 Å². The van der Waals surface area contributed by atoms with Crippen molar-refractivity contribution in [3.05, 3.63) is 0 Å². The Kier molecular flexibility index (Phi) is 5.03. The van der Waals surface area contributed by atoms with E-state index in [9.17, 15) is 8.42 Å². The molecule has 1 fully saturated rings. The predicted molar refractivity (Wildman–Crippen MR) is 62.9 cm³/mol. The Morgan fingerprint density at radius 3 is 2.86 bits per heavy atom. The van der Waals surface area contributed by atoms with Gasteiger partial charge in [-0.3, -0.25) is 4.90 Å². The number of hydrogen-bond acceptors (Lipinski definition) is 4. The Hall–Kier alpha value is 0.550. The molecule has 0 radical (unpaired) electrons. The van der Waals surface area contributed by atoms with E-state index in [2.05, 4.69) is 0 Å². The highest BCUT2D eigenvalue weighted by Crippen LogP contribution is 2.20. The standard InChI is InChI=1S/C8H16ClNO2S2/c1-14(11,12)8-7-13-6-5-10(8)4-2-3-9/h8H,2-7H2,1H3. The summed E-state index contributed by atoms with van der Waals surface area (Å²) in [6.45, 7) is 1.65. The van der Waals surface area contributed by atoms with Gasteiger partial charge in [0.05, 0.1) is 0 Å². The van der Waals surface area contributed by atoms with Crippen LogP contribution in [0, 0.1) is 0 Å². The topological polar surface area (TPSA) is 37.4 Å². The minimum atomic E-state index is -2.94. The van der Waals surface area contributed by atoms with Crippen LogP contribution in [0.15, 0.2) is 0 Å². The minimum Gasteiger partial charge on any atom is -0.286 e. The first-order valence-corrected chi connectivity index (χ1v) is 8.26. The van der Waals surface area contributed by atoms with Gasteiger partial charge in [0.25, 0.3) is 0 Å². The van der Waals surface area contributed by atoms with Crippen LogP contribution < -0.4 is 0 Å². The molecule has 1 saturated heterocycles. The highest BCUT2D eigenvalue weighted by atomic mass is 35.5. The van der Waals surface area contributed by atoms with E-state index < -0.39 is 9.84 Å². The Morgan fingerprint density at radius 2 is 2.29 bits per heavy atom. The van der Waals surface area contributed by atoms with Crippen LogP contribution in [0.1, 0.15) is 6.42 Å². The molecule has 1 unspecified atom stereocenters. The van der Waals surface area contributed by atoms with Gasteiger partial charge in [-0.1, -0.05) is 0 Å². The third kappa shape index (κ3) is 3.61. The van der Waals surface area contributed by atoms with Crippen molar-refractivity contribution in [2.75, 3.05) is 36.7 Å². The van der Waals surface area contributed by atoms with Crippen molar-refractivity contribution < 1.29 is 8.42 Å². The summed E-state index contributed by atoms with van der Waals surface area (Å²) in [5.74, 6) is 2.32. The van der Waals surface area contributed by atoms with E-state index in [1.807, 2.05) is 4.90 Å². The fourth-order valence-electron chi connectivity index (χ4n) is 1.53. The fraction of sp³-hybridized carbons (Fsp3) is 1.00. The molecule has 1 aliphatic rings. The smallest absolute Gasteiger partial charge is 0.164 e. The zero-order valence-corrected chi connectivity index (χ0v) is 10.7. The van der Waals surface area contributed by atoms with Gasteiger partial charge in [-0.05, 0) is 6.42 Å². The lowest BCUT2D eigenvalue weighted by Crippen LogP contribution is -2.47. The lowest BCUT2D eigenvalue weighted by atomic mass is 10.4. The van der Waals surface area contributed by atoms with Crippen molar-refractivity contribution in [3.63, 3.8) is 0 Å². The molecular weight excluding hydrogens is 242 g/mol. The van der Waals surface area contributed by atoms with Gasteiger partial charge in [-0.2, -0.15) is 11.8 Å². The molecular formula is C8H16ClNO2S2. The lowest BCUT2D eigenvalue weighted by Gasteiger charge is -2.33. The van der Waals surface area contributed by atoms with Crippen LogP contribution in [-0.2, 0) is 9.84 Å². The fourth-order valence-corrected chi connectivity index (χ4v) is 4.62. The third-order valence-electron chi connectivity index (χ3n) is 2.26. The third-order valence-corrected chi connectivity index (χ3v) is 5.22. The number of sulfone groups is 1. The molecule has 0 amide bonds. The van der Waals surface area contributed by atoms with Crippen molar-refractivity contribution in [2.45, 2.75) is 11.8 Å². The van der Waals surface area contributed by atoms with Crippen LogP contribution in [0.2, 0.25) is 0 Å². The number of alkyl halides is 1. The Labute approximate surface area is 95.1 Å². The minimum absolute atomic E-state index is 0.301. The second kappa shape index (κ2) is 5.58. The van der Waals surface area contributed by atoms with Crippen LogP contribution >= 0.6 is 23.4 Å². The van der Waals surface area contributed by atoms with Crippen molar-refractivity contribution in [3.8, 4) is 0 Å².